The van der Waals surface area contributed by atoms with Crippen molar-refractivity contribution < 1.29 is 37.9 Å². The molecule has 2 aliphatic heterocycles. The molecule has 0 radical (unpaired) electrons. The van der Waals surface area contributed by atoms with E-state index < -0.39 is 0 Å². The number of ether oxygens (including phenoxy) is 8. The van der Waals surface area contributed by atoms with Crippen LogP contribution in [-0.4, -0.2) is 132 Å². The summed E-state index contributed by atoms with van der Waals surface area (Å²) in [5.74, 6) is 0. The number of benzene rings is 2. The van der Waals surface area contributed by atoms with Gasteiger partial charge in [-0.2, -0.15) is 0 Å². The summed E-state index contributed by atoms with van der Waals surface area (Å²) < 4.78 is 45.3. The Kier molecular flexibility index (Phi) is 16.0. The van der Waals surface area contributed by atoms with E-state index in [1.807, 2.05) is 0 Å². The molecule has 0 aromatic heterocycles. The number of nitrogens with zero attached hydrogens (tertiary/aromatic N) is 2. The topological polar surface area (TPSA) is 80.3 Å². The van der Waals surface area contributed by atoms with E-state index in [0.29, 0.717) is 106 Å². The number of anilines is 2. The highest BCUT2D eigenvalue weighted by Gasteiger charge is 2.11. The lowest BCUT2D eigenvalue weighted by Gasteiger charge is -2.25. The van der Waals surface area contributed by atoms with Gasteiger partial charge in [0.25, 0.3) is 0 Å². The van der Waals surface area contributed by atoms with Crippen molar-refractivity contribution in [1.29, 1.82) is 0 Å². The molecule has 42 heavy (non-hydrogen) atoms. The minimum atomic E-state index is 0.581. The van der Waals surface area contributed by atoms with E-state index in [0.717, 1.165) is 37.6 Å². The molecular weight excluding hydrogens is 540 g/mol. The molecule has 2 aromatic rings. The molecule has 0 bridgehead atoms. The third-order valence-corrected chi connectivity index (χ3v) is 7.05. The summed E-state index contributed by atoms with van der Waals surface area (Å²) in [6, 6.07) is 17.4. The Morgan fingerprint density at radius 3 is 0.738 bits per heavy atom. The predicted molar refractivity (Wildman–Crippen MR) is 163 cm³/mol. The van der Waals surface area contributed by atoms with Crippen molar-refractivity contribution in [3.05, 3.63) is 48.5 Å². The van der Waals surface area contributed by atoms with Crippen LogP contribution in [0.5, 0.6) is 0 Å². The van der Waals surface area contributed by atoms with Crippen LogP contribution in [0.3, 0.4) is 0 Å². The van der Waals surface area contributed by atoms with Gasteiger partial charge in [0, 0.05) is 37.6 Å². The van der Waals surface area contributed by atoms with Crippen molar-refractivity contribution in [2.24, 2.45) is 0 Å². The van der Waals surface area contributed by atoms with E-state index >= 15 is 0 Å². The SMILES string of the molecule is c1cc(N2CCOCCOCCOCCOCC2)ccc1-c1ccc(N2CCOCCOCCOCCOCC2)cc1. The van der Waals surface area contributed by atoms with E-state index in [4.69, 9.17) is 37.9 Å². The van der Waals surface area contributed by atoms with E-state index in [9.17, 15) is 0 Å². The maximum absolute atomic E-state index is 5.79. The molecule has 0 saturated carbocycles. The zero-order chi connectivity index (χ0) is 28.9. The zero-order valence-electron chi connectivity index (χ0n) is 24.9. The Bertz CT molecular complexity index is 837. The summed E-state index contributed by atoms with van der Waals surface area (Å²) >= 11 is 0. The molecule has 2 heterocycles. The first kappa shape index (κ1) is 32.6. The van der Waals surface area contributed by atoms with Crippen LogP contribution in [0, 0.1) is 0 Å². The molecule has 0 aliphatic carbocycles. The Balaban J connectivity index is 1.33. The standard InChI is InChI=1S/C32H48N2O8/c1-5-31(33-9-13-35-17-21-39-25-26-40-22-18-36-14-10-33)6-2-29(1)30-3-7-32(8-4-30)34-11-15-37-19-23-41-27-28-42-24-20-38-16-12-34/h1-8H,9-28H2. The second kappa shape index (κ2) is 20.6. The van der Waals surface area contributed by atoms with Gasteiger partial charge < -0.3 is 47.7 Å². The summed E-state index contributed by atoms with van der Waals surface area (Å²) in [6.07, 6.45) is 0. The van der Waals surface area contributed by atoms with Crippen LogP contribution in [0.25, 0.3) is 11.1 Å². The summed E-state index contributed by atoms with van der Waals surface area (Å²) in [5, 5.41) is 0. The van der Waals surface area contributed by atoms with E-state index in [1.165, 1.54) is 11.1 Å². The highest BCUT2D eigenvalue weighted by molar-refractivity contribution is 5.68. The van der Waals surface area contributed by atoms with Gasteiger partial charge in [0.05, 0.1) is 106 Å². The van der Waals surface area contributed by atoms with Crippen molar-refractivity contribution in [2.75, 3.05) is 142 Å². The lowest BCUT2D eigenvalue weighted by Crippen LogP contribution is -2.31. The average molecular weight is 589 g/mol. The maximum Gasteiger partial charge on any atom is 0.0701 e. The minimum absolute atomic E-state index is 0.581. The molecule has 234 valence electrons. The van der Waals surface area contributed by atoms with Crippen LogP contribution < -0.4 is 9.80 Å². The molecule has 0 N–H and O–H groups in total. The normalized spacial score (nSPS) is 21.0. The summed E-state index contributed by atoms with van der Waals surface area (Å²) in [5.41, 5.74) is 4.65. The van der Waals surface area contributed by atoms with Gasteiger partial charge in [0.1, 0.15) is 0 Å². The fourth-order valence-electron chi connectivity index (χ4n) is 4.69. The molecule has 2 aliphatic rings. The number of hydrogen-bond donors (Lipinski definition) is 0. The molecule has 2 saturated heterocycles. The first-order valence-electron chi connectivity index (χ1n) is 15.2. The first-order valence-corrected chi connectivity index (χ1v) is 15.2. The van der Waals surface area contributed by atoms with Crippen LogP contribution in [-0.2, 0) is 37.9 Å². The van der Waals surface area contributed by atoms with Crippen LogP contribution in [0.4, 0.5) is 11.4 Å². The van der Waals surface area contributed by atoms with Crippen LogP contribution in [0.1, 0.15) is 0 Å². The largest absolute Gasteiger partial charge is 0.377 e. The second-order valence-electron chi connectivity index (χ2n) is 9.97. The molecular formula is C32H48N2O8. The number of hydrogen-bond acceptors (Lipinski definition) is 10. The molecule has 0 unspecified atom stereocenters. The van der Waals surface area contributed by atoms with Crippen LogP contribution in [0.2, 0.25) is 0 Å². The second-order valence-corrected chi connectivity index (χ2v) is 9.97. The fraction of sp³-hybridized carbons (Fsp3) is 0.625. The monoisotopic (exact) mass is 588 g/mol. The smallest absolute Gasteiger partial charge is 0.0701 e. The third kappa shape index (κ3) is 12.5. The van der Waals surface area contributed by atoms with Gasteiger partial charge in [-0.25, -0.2) is 0 Å². The van der Waals surface area contributed by atoms with Gasteiger partial charge in [-0.1, -0.05) is 24.3 Å². The van der Waals surface area contributed by atoms with Gasteiger partial charge in [0.15, 0.2) is 0 Å². The molecule has 0 amide bonds. The Morgan fingerprint density at radius 1 is 0.286 bits per heavy atom. The highest BCUT2D eigenvalue weighted by atomic mass is 16.6. The van der Waals surface area contributed by atoms with Crippen molar-refractivity contribution in [3.63, 3.8) is 0 Å². The minimum Gasteiger partial charge on any atom is -0.377 e. The maximum atomic E-state index is 5.79. The third-order valence-electron chi connectivity index (χ3n) is 7.05. The number of rotatable bonds is 3. The molecule has 0 spiro atoms. The molecule has 10 heteroatoms. The van der Waals surface area contributed by atoms with Crippen LogP contribution in [0.15, 0.2) is 48.5 Å². The van der Waals surface area contributed by atoms with Crippen LogP contribution >= 0.6 is 0 Å². The molecule has 2 aromatic carbocycles. The van der Waals surface area contributed by atoms with Gasteiger partial charge >= 0.3 is 0 Å². The first-order chi connectivity index (χ1) is 20.9. The van der Waals surface area contributed by atoms with E-state index in [1.54, 1.807) is 0 Å². The average Bonchev–Trinajstić information content (AvgIpc) is 3.05. The Hall–Kier alpha value is -2.28. The van der Waals surface area contributed by atoms with Gasteiger partial charge in [0.2, 0.25) is 0 Å². The quantitative estimate of drug-likeness (QED) is 0.534. The fourth-order valence-corrected chi connectivity index (χ4v) is 4.69. The molecule has 10 nitrogen and oxygen atoms in total. The lowest BCUT2D eigenvalue weighted by atomic mass is 10.0. The molecule has 4 rings (SSSR count). The van der Waals surface area contributed by atoms with Crippen molar-refractivity contribution in [2.45, 2.75) is 0 Å². The predicted octanol–water partition coefficient (Wildman–Crippen LogP) is 3.13. The van der Waals surface area contributed by atoms with Gasteiger partial charge in [-0.05, 0) is 35.4 Å². The lowest BCUT2D eigenvalue weighted by molar-refractivity contribution is 0.00206. The summed E-state index contributed by atoms with van der Waals surface area (Å²) in [4.78, 5) is 4.61. The molecule has 2 fully saturated rings. The van der Waals surface area contributed by atoms with Gasteiger partial charge in [-0.15, -0.1) is 0 Å². The van der Waals surface area contributed by atoms with Crippen molar-refractivity contribution >= 4 is 11.4 Å². The van der Waals surface area contributed by atoms with Gasteiger partial charge in [-0.3, -0.25) is 0 Å². The molecule has 0 atom stereocenters. The van der Waals surface area contributed by atoms with Crippen molar-refractivity contribution in [3.8, 4) is 11.1 Å². The Morgan fingerprint density at radius 2 is 0.500 bits per heavy atom. The zero-order valence-corrected chi connectivity index (χ0v) is 24.9. The summed E-state index contributed by atoms with van der Waals surface area (Å²) in [7, 11) is 0. The Labute approximate surface area is 250 Å². The summed E-state index contributed by atoms with van der Waals surface area (Å²) in [6.45, 7) is 12.7. The van der Waals surface area contributed by atoms with Crippen molar-refractivity contribution in [1.82, 2.24) is 0 Å². The highest BCUT2D eigenvalue weighted by Crippen LogP contribution is 2.26. The van der Waals surface area contributed by atoms with E-state index in [2.05, 4.69) is 58.3 Å². The van der Waals surface area contributed by atoms with E-state index in [-0.39, 0.29) is 0 Å².